The van der Waals surface area contributed by atoms with Crippen molar-refractivity contribution in [2.24, 2.45) is 11.6 Å². The summed E-state index contributed by atoms with van der Waals surface area (Å²) >= 11 is 0. The summed E-state index contributed by atoms with van der Waals surface area (Å²) in [6, 6.07) is 0. The number of hydroxylamine groups is 1. The molecule has 0 aromatic rings. The van der Waals surface area contributed by atoms with E-state index in [0.717, 1.165) is 0 Å². The van der Waals surface area contributed by atoms with Gasteiger partial charge in [-0.1, -0.05) is 0 Å². The summed E-state index contributed by atoms with van der Waals surface area (Å²) < 4.78 is 13.6. The van der Waals surface area contributed by atoms with Crippen LogP contribution in [0.25, 0.3) is 0 Å². The first-order chi connectivity index (χ1) is 4.33. The molecular weight excluding hydrogens is 163 g/mol. The minimum Gasteiger partial charge on any atom is -0.367 e. The van der Waals surface area contributed by atoms with E-state index in [2.05, 4.69) is 16.2 Å². The standard InChI is InChI=1S/CH7N4O4P/c2-1(3)5(4)9-10(6,7)8/h4H2,(H3,2,3)(H2,6,7,8). The summed E-state index contributed by atoms with van der Waals surface area (Å²) in [6.07, 6.45) is 0. The lowest BCUT2D eigenvalue weighted by Gasteiger charge is -2.14. The number of nitrogens with one attached hydrogen (secondary N) is 1. The predicted octanol–water partition coefficient (Wildman–Crippen LogP) is -1.92. The van der Waals surface area contributed by atoms with Gasteiger partial charge in [0, 0.05) is 0 Å². The Hall–Kier alpha value is -0.660. The molecule has 0 rings (SSSR count). The van der Waals surface area contributed by atoms with Gasteiger partial charge in [0.05, 0.1) is 0 Å². The lowest BCUT2D eigenvalue weighted by atomic mass is 11.1. The van der Waals surface area contributed by atoms with E-state index >= 15 is 0 Å². The highest BCUT2D eigenvalue weighted by molar-refractivity contribution is 7.46. The summed E-state index contributed by atoms with van der Waals surface area (Å²) in [5.74, 6) is 3.87. The lowest BCUT2D eigenvalue weighted by Crippen LogP contribution is -2.40. The van der Waals surface area contributed by atoms with Crippen LogP contribution in [0.2, 0.25) is 0 Å². The van der Waals surface area contributed by atoms with Crippen LogP contribution in [0.5, 0.6) is 0 Å². The highest BCUT2D eigenvalue weighted by Crippen LogP contribution is 2.35. The second-order valence-electron chi connectivity index (χ2n) is 1.28. The maximum Gasteiger partial charge on any atom is 0.492 e. The van der Waals surface area contributed by atoms with Gasteiger partial charge in [-0.2, -0.15) is 0 Å². The van der Waals surface area contributed by atoms with Gasteiger partial charge >= 0.3 is 7.82 Å². The van der Waals surface area contributed by atoms with Crippen molar-refractivity contribution in [2.45, 2.75) is 0 Å². The smallest absolute Gasteiger partial charge is 0.367 e. The predicted molar refractivity (Wildman–Crippen MR) is 31.1 cm³/mol. The number of hydrazine groups is 1. The van der Waals surface area contributed by atoms with Gasteiger partial charge in [0.2, 0.25) is 5.96 Å². The molecule has 0 fully saturated rings. The molecule has 0 bridgehead atoms. The lowest BCUT2D eigenvalue weighted by molar-refractivity contribution is -0.0166. The third-order valence-corrected chi connectivity index (χ3v) is 0.820. The minimum absolute atomic E-state index is 0.0270. The van der Waals surface area contributed by atoms with E-state index in [1.807, 2.05) is 0 Å². The number of nitrogens with two attached hydrogens (primary N) is 2. The van der Waals surface area contributed by atoms with Gasteiger partial charge in [0.25, 0.3) is 0 Å². The normalized spacial score (nSPS) is 11.1. The van der Waals surface area contributed by atoms with Crippen LogP contribution in [0.15, 0.2) is 0 Å². The van der Waals surface area contributed by atoms with Crippen molar-refractivity contribution in [1.82, 2.24) is 5.17 Å². The topological polar surface area (TPSA) is 146 Å². The van der Waals surface area contributed by atoms with Gasteiger partial charge in [-0.15, -0.1) is 9.80 Å². The van der Waals surface area contributed by atoms with Crippen LogP contribution in [-0.4, -0.2) is 20.9 Å². The number of guanidine groups is 1. The van der Waals surface area contributed by atoms with Crippen molar-refractivity contribution in [3.05, 3.63) is 0 Å². The maximum atomic E-state index is 9.94. The van der Waals surface area contributed by atoms with Crippen molar-refractivity contribution in [1.29, 1.82) is 5.41 Å². The monoisotopic (exact) mass is 170 g/mol. The van der Waals surface area contributed by atoms with Gasteiger partial charge in [-0.25, -0.2) is 10.4 Å². The zero-order valence-corrected chi connectivity index (χ0v) is 5.65. The first-order valence-corrected chi connectivity index (χ1v) is 3.50. The van der Waals surface area contributed by atoms with Crippen LogP contribution in [0.3, 0.4) is 0 Å². The first-order valence-electron chi connectivity index (χ1n) is 1.97. The molecule has 9 heteroatoms. The Morgan fingerprint density at radius 2 is 2.10 bits per heavy atom. The van der Waals surface area contributed by atoms with E-state index in [1.165, 1.54) is 0 Å². The molecule has 0 unspecified atom stereocenters. The molecule has 0 radical (unpaired) electrons. The molecule has 0 aliphatic carbocycles. The minimum atomic E-state index is -4.70. The molecule has 7 N–H and O–H groups in total. The highest BCUT2D eigenvalue weighted by Gasteiger charge is 2.19. The van der Waals surface area contributed by atoms with E-state index < -0.39 is 13.8 Å². The molecule has 0 heterocycles. The van der Waals surface area contributed by atoms with E-state index in [9.17, 15) is 4.57 Å². The average Bonchev–Trinajstić information content (AvgIpc) is 1.60. The summed E-state index contributed by atoms with van der Waals surface area (Å²) in [6.45, 7) is 0. The fourth-order valence-corrected chi connectivity index (χ4v) is 0.476. The number of hydrogen-bond acceptors (Lipinski definition) is 4. The van der Waals surface area contributed by atoms with Crippen molar-refractivity contribution in [2.75, 3.05) is 0 Å². The zero-order chi connectivity index (χ0) is 8.36. The molecule has 0 aromatic carbocycles. The Morgan fingerprint density at radius 1 is 1.70 bits per heavy atom. The van der Waals surface area contributed by atoms with Crippen LogP contribution in [0.4, 0.5) is 0 Å². The van der Waals surface area contributed by atoms with Crippen molar-refractivity contribution >= 4 is 13.8 Å². The average molecular weight is 170 g/mol. The van der Waals surface area contributed by atoms with E-state index in [0.29, 0.717) is 0 Å². The summed E-state index contributed by atoms with van der Waals surface area (Å²) in [5.41, 5.74) is 4.66. The fourth-order valence-electron chi connectivity index (χ4n) is 0.159. The van der Waals surface area contributed by atoms with Crippen LogP contribution in [0, 0.1) is 5.41 Å². The van der Waals surface area contributed by atoms with Gasteiger partial charge in [-0.3, -0.25) is 5.41 Å². The van der Waals surface area contributed by atoms with Crippen molar-refractivity contribution < 1.29 is 19.0 Å². The van der Waals surface area contributed by atoms with Gasteiger partial charge in [0.15, 0.2) is 0 Å². The second kappa shape index (κ2) is 2.95. The first kappa shape index (κ1) is 9.34. The van der Waals surface area contributed by atoms with Crippen molar-refractivity contribution in [3.8, 4) is 0 Å². The quantitative estimate of drug-likeness (QED) is 0.107. The molecule has 0 atom stereocenters. The second-order valence-corrected chi connectivity index (χ2v) is 2.43. The number of hydrogen-bond donors (Lipinski definition) is 5. The van der Waals surface area contributed by atoms with Crippen LogP contribution in [-0.2, 0) is 9.19 Å². The van der Waals surface area contributed by atoms with E-state index in [-0.39, 0.29) is 5.17 Å². The number of phosphoric acid groups is 1. The molecular formula is CH7N4O4P. The Kier molecular flexibility index (Phi) is 2.76. The van der Waals surface area contributed by atoms with E-state index in [1.54, 1.807) is 0 Å². The molecule has 0 amide bonds. The molecule has 8 nitrogen and oxygen atoms in total. The summed E-state index contributed by atoms with van der Waals surface area (Å²) in [5, 5.41) is 6.46. The SMILES string of the molecule is N=C(N)N(N)OP(=O)(O)O. The molecule has 0 spiro atoms. The molecule has 0 saturated carbocycles. The van der Waals surface area contributed by atoms with Crippen molar-refractivity contribution in [3.63, 3.8) is 0 Å². The Labute approximate surface area is 56.0 Å². The highest BCUT2D eigenvalue weighted by atomic mass is 31.2. The third-order valence-electron chi connectivity index (χ3n) is 0.432. The van der Waals surface area contributed by atoms with Crippen LogP contribution in [0.1, 0.15) is 0 Å². The third kappa shape index (κ3) is 4.24. The molecule has 0 aromatic heterocycles. The number of rotatable bonds is 2. The van der Waals surface area contributed by atoms with Crippen LogP contribution >= 0.6 is 7.82 Å². The largest absolute Gasteiger partial charge is 0.492 e. The van der Waals surface area contributed by atoms with Crippen LogP contribution < -0.4 is 11.6 Å². The zero-order valence-electron chi connectivity index (χ0n) is 4.76. The number of nitrogens with zero attached hydrogens (tertiary/aromatic N) is 1. The maximum absolute atomic E-state index is 9.94. The molecule has 0 aliphatic heterocycles. The van der Waals surface area contributed by atoms with Gasteiger partial charge in [0.1, 0.15) is 0 Å². The molecule has 60 valence electrons. The van der Waals surface area contributed by atoms with E-state index in [4.69, 9.17) is 15.2 Å². The Morgan fingerprint density at radius 3 is 2.20 bits per heavy atom. The molecule has 0 saturated heterocycles. The molecule has 0 aliphatic rings. The fraction of sp³-hybridized carbons (Fsp3) is 0. The Balaban J connectivity index is 3.93. The van der Waals surface area contributed by atoms with Gasteiger partial charge < -0.3 is 15.5 Å². The summed E-state index contributed by atoms with van der Waals surface area (Å²) in [7, 11) is -4.70. The Bertz CT molecular complexity index is 174. The summed E-state index contributed by atoms with van der Waals surface area (Å²) in [4.78, 5) is 16.1. The molecule has 10 heavy (non-hydrogen) atoms. The van der Waals surface area contributed by atoms with Gasteiger partial charge in [-0.05, 0) is 0 Å².